The SMILES string of the molecule is CC(=O)NCC(O)C(O)c1cccc(CO)c1. The van der Waals surface area contributed by atoms with Gasteiger partial charge in [0.05, 0.1) is 6.61 Å². The van der Waals surface area contributed by atoms with Crippen molar-refractivity contribution in [2.24, 2.45) is 0 Å². The van der Waals surface area contributed by atoms with Crippen molar-refractivity contribution < 1.29 is 20.1 Å². The molecule has 0 fully saturated rings. The minimum Gasteiger partial charge on any atom is -0.392 e. The lowest BCUT2D eigenvalue weighted by Gasteiger charge is -2.18. The largest absolute Gasteiger partial charge is 0.392 e. The van der Waals surface area contributed by atoms with Gasteiger partial charge in [0.1, 0.15) is 12.2 Å². The van der Waals surface area contributed by atoms with Crippen molar-refractivity contribution >= 4 is 5.91 Å². The Morgan fingerprint density at radius 3 is 2.71 bits per heavy atom. The molecule has 17 heavy (non-hydrogen) atoms. The number of benzene rings is 1. The van der Waals surface area contributed by atoms with E-state index in [0.29, 0.717) is 11.1 Å². The molecule has 0 heterocycles. The zero-order valence-corrected chi connectivity index (χ0v) is 9.63. The summed E-state index contributed by atoms with van der Waals surface area (Å²) in [6, 6.07) is 6.67. The van der Waals surface area contributed by atoms with E-state index in [1.54, 1.807) is 24.3 Å². The van der Waals surface area contributed by atoms with E-state index < -0.39 is 12.2 Å². The lowest BCUT2D eigenvalue weighted by Crippen LogP contribution is -2.34. The molecule has 0 aliphatic rings. The molecule has 1 aromatic rings. The number of carbonyl (C=O) groups excluding carboxylic acids is 1. The number of aliphatic hydroxyl groups is 3. The topological polar surface area (TPSA) is 89.8 Å². The predicted octanol–water partition coefficient (Wildman–Crippen LogP) is -0.291. The quantitative estimate of drug-likeness (QED) is 0.568. The molecular formula is C12H17NO4. The molecule has 1 amide bonds. The van der Waals surface area contributed by atoms with Crippen molar-refractivity contribution in [3.05, 3.63) is 35.4 Å². The first-order valence-corrected chi connectivity index (χ1v) is 5.35. The Morgan fingerprint density at radius 1 is 1.41 bits per heavy atom. The molecule has 0 aliphatic carbocycles. The zero-order chi connectivity index (χ0) is 12.8. The van der Waals surface area contributed by atoms with Gasteiger partial charge in [-0.2, -0.15) is 0 Å². The molecule has 0 saturated heterocycles. The molecule has 0 bridgehead atoms. The van der Waals surface area contributed by atoms with Crippen molar-refractivity contribution in [3.63, 3.8) is 0 Å². The number of aliphatic hydroxyl groups excluding tert-OH is 3. The minimum atomic E-state index is -1.09. The highest BCUT2D eigenvalue weighted by Crippen LogP contribution is 2.18. The number of rotatable bonds is 5. The molecule has 0 aromatic heterocycles. The summed E-state index contributed by atoms with van der Waals surface area (Å²) < 4.78 is 0. The zero-order valence-electron chi connectivity index (χ0n) is 9.63. The molecule has 5 nitrogen and oxygen atoms in total. The van der Waals surface area contributed by atoms with Gasteiger partial charge in [-0.25, -0.2) is 0 Å². The summed E-state index contributed by atoms with van der Waals surface area (Å²) in [5.74, 6) is -0.264. The lowest BCUT2D eigenvalue weighted by atomic mass is 10.0. The number of hydrogen-bond donors (Lipinski definition) is 4. The van der Waals surface area contributed by atoms with Crippen LogP contribution in [0.3, 0.4) is 0 Å². The average molecular weight is 239 g/mol. The fraction of sp³-hybridized carbons (Fsp3) is 0.417. The van der Waals surface area contributed by atoms with E-state index in [0.717, 1.165) is 0 Å². The van der Waals surface area contributed by atoms with Gasteiger partial charge in [0.25, 0.3) is 0 Å². The highest BCUT2D eigenvalue weighted by atomic mass is 16.3. The van der Waals surface area contributed by atoms with Crippen molar-refractivity contribution in [2.45, 2.75) is 25.7 Å². The standard InChI is InChI=1S/C12H17NO4/c1-8(15)13-6-11(16)12(17)10-4-2-3-9(5-10)7-14/h2-5,11-12,14,16-17H,6-7H2,1H3,(H,13,15). The van der Waals surface area contributed by atoms with Crippen LogP contribution < -0.4 is 5.32 Å². The minimum absolute atomic E-state index is 0.0140. The van der Waals surface area contributed by atoms with Gasteiger partial charge in [-0.15, -0.1) is 0 Å². The van der Waals surface area contributed by atoms with Gasteiger partial charge in [-0.1, -0.05) is 24.3 Å². The molecule has 0 saturated carbocycles. The fourth-order valence-corrected chi connectivity index (χ4v) is 1.46. The number of carbonyl (C=O) groups is 1. The fourth-order valence-electron chi connectivity index (χ4n) is 1.46. The van der Waals surface area contributed by atoms with E-state index in [2.05, 4.69) is 5.32 Å². The summed E-state index contributed by atoms with van der Waals surface area (Å²) in [6.07, 6.45) is -2.17. The Labute approximate surface area is 99.7 Å². The van der Waals surface area contributed by atoms with Gasteiger partial charge in [0.2, 0.25) is 5.91 Å². The van der Waals surface area contributed by atoms with Crippen LogP contribution in [0.15, 0.2) is 24.3 Å². The Morgan fingerprint density at radius 2 is 2.12 bits per heavy atom. The molecule has 0 radical (unpaired) electrons. The third-order valence-electron chi connectivity index (χ3n) is 2.40. The van der Waals surface area contributed by atoms with Gasteiger partial charge in [-0.05, 0) is 11.1 Å². The van der Waals surface area contributed by atoms with Crippen LogP contribution in [-0.4, -0.2) is 33.9 Å². The molecule has 0 spiro atoms. The van der Waals surface area contributed by atoms with E-state index >= 15 is 0 Å². The first kappa shape index (κ1) is 13.6. The van der Waals surface area contributed by atoms with Crippen molar-refractivity contribution in [2.75, 3.05) is 6.54 Å². The molecular weight excluding hydrogens is 222 g/mol. The van der Waals surface area contributed by atoms with Gasteiger partial charge in [0.15, 0.2) is 0 Å². The molecule has 2 atom stereocenters. The van der Waals surface area contributed by atoms with E-state index in [1.165, 1.54) is 6.92 Å². The van der Waals surface area contributed by atoms with Crippen LogP contribution in [0.2, 0.25) is 0 Å². The maximum atomic E-state index is 10.7. The predicted molar refractivity (Wildman–Crippen MR) is 62.0 cm³/mol. The van der Waals surface area contributed by atoms with Crippen LogP contribution in [0.1, 0.15) is 24.2 Å². The first-order valence-electron chi connectivity index (χ1n) is 5.35. The van der Waals surface area contributed by atoms with Gasteiger partial charge >= 0.3 is 0 Å². The lowest BCUT2D eigenvalue weighted by molar-refractivity contribution is -0.119. The van der Waals surface area contributed by atoms with Gasteiger partial charge < -0.3 is 20.6 Å². The molecule has 0 aliphatic heterocycles. The van der Waals surface area contributed by atoms with Crippen LogP contribution in [0.5, 0.6) is 0 Å². The van der Waals surface area contributed by atoms with E-state index in [9.17, 15) is 15.0 Å². The third-order valence-corrected chi connectivity index (χ3v) is 2.40. The summed E-state index contributed by atoms with van der Waals surface area (Å²) in [5.41, 5.74) is 1.17. The Bertz CT molecular complexity index is 381. The smallest absolute Gasteiger partial charge is 0.216 e. The van der Waals surface area contributed by atoms with Crippen molar-refractivity contribution in [1.29, 1.82) is 0 Å². The van der Waals surface area contributed by atoms with E-state index in [1.807, 2.05) is 0 Å². The second-order valence-corrected chi connectivity index (χ2v) is 3.85. The van der Waals surface area contributed by atoms with Gasteiger partial charge in [-0.3, -0.25) is 4.79 Å². The van der Waals surface area contributed by atoms with Crippen LogP contribution in [0.4, 0.5) is 0 Å². The summed E-state index contributed by atoms with van der Waals surface area (Å²) in [5, 5.41) is 30.9. The van der Waals surface area contributed by atoms with Crippen molar-refractivity contribution in [3.8, 4) is 0 Å². The van der Waals surface area contributed by atoms with Crippen molar-refractivity contribution in [1.82, 2.24) is 5.32 Å². The van der Waals surface area contributed by atoms with Crippen LogP contribution in [-0.2, 0) is 11.4 Å². The molecule has 94 valence electrons. The number of hydrogen-bond acceptors (Lipinski definition) is 4. The Balaban J connectivity index is 2.66. The summed E-state index contributed by atoms with van der Waals surface area (Å²) in [7, 11) is 0. The molecule has 2 unspecified atom stereocenters. The van der Waals surface area contributed by atoms with E-state index in [4.69, 9.17) is 5.11 Å². The molecule has 1 rings (SSSR count). The maximum absolute atomic E-state index is 10.7. The maximum Gasteiger partial charge on any atom is 0.216 e. The first-order chi connectivity index (χ1) is 8.04. The second kappa shape index (κ2) is 6.34. The van der Waals surface area contributed by atoms with E-state index in [-0.39, 0.29) is 19.1 Å². The highest BCUT2D eigenvalue weighted by molar-refractivity contribution is 5.72. The Kier molecular flexibility index (Phi) is 5.09. The highest BCUT2D eigenvalue weighted by Gasteiger charge is 2.18. The van der Waals surface area contributed by atoms with Crippen LogP contribution in [0.25, 0.3) is 0 Å². The second-order valence-electron chi connectivity index (χ2n) is 3.85. The summed E-state index contributed by atoms with van der Waals surface area (Å²) >= 11 is 0. The molecule has 4 N–H and O–H groups in total. The summed E-state index contributed by atoms with van der Waals surface area (Å²) in [4.78, 5) is 10.7. The third kappa shape index (κ3) is 4.14. The number of amides is 1. The number of nitrogens with one attached hydrogen (secondary N) is 1. The normalized spacial score (nSPS) is 14.1. The molecule has 1 aromatic carbocycles. The van der Waals surface area contributed by atoms with Gasteiger partial charge in [0, 0.05) is 13.5 Å². The summed E-state index contributed by atoms with van der Waals surface area (Å²) in [6.45, 7) is 1.20. The average Bonchev–Trinajstić information content (AvgIpc) is 2.35. The molecule has 5 heteroatoms. The Hall–Kier alpha value is -1.43. The van der Waals surface area contributed by atoms with Crippen LogP contribution in [0, 0.1) is 0 Å². The van der Waals surface area contributed by atoms with Crippen LogP contribution >= 0.6 is 0 Å². The monoisotopic (exact) mass is 239 g/mol.